The van der Waals surface area contributed by atoms with Crippen molar-refractivity contribution in [3.05, 3.63) is 29.3 Å². The van der Waals surface area contributed by atoms with Crippen molar-refractivity contribution >= 4 is 22.6 Å². The standard InChI is InChI=1S/C11H15IO2/c1-8-4-5-10(14-3)9(6-8)11(2,13)7-12/h4-6,13H,7H2,1-3H3. The minimum atomic E-state index is -0.822. The van der Waals surface area contributed by atoms with E-state index < -0.39 is 5.60 Å². The molecular formula is C11H15IO2. The van der Waals surface area contributed by atoms with Gasteiger partial charge < -0.3 is 9.84 Å². The second kappa shape index (κ2) is 4.49. The normalized spacial score (nSPS) is 14.9. The fraction of sp³-hybridized carbons (Fsp3) is 0.455. The molecule has 0 aliphatic rings. The summed E-state index contributed by atoms with van der Waals surface area (Å²) in [6.45, 7) is 3.81. The van der Waals surface area contributed by atoms with Crippen molar-refractivity contribution in [1.29, 1.82) is 0 Å². The Labute approximate surface area is 98.4 Å². The lowest BCUT2D eigenvalue weighted by Crippen LogP contribution is -2.23. The molecule has 1 unspecified atom stereocenters. The molecule has 1 aromatic rings. The molecule has 0 heterocycles. The quantitative estimate of drug-likeness (QED) is 0.687. The summed E-state index contributed by atoms with van der Waals surface area (Å²) in [5.41, 5.74) is 1.16. The van der Waals surface area contributed by atoms with Gasteiger partial charge >= 0.3 is 0 Å². The Morgan fingerprint density at radius 3 is 2.64 bits per heavy atom. The van der Waals surface area contributed by atoms with Gasteiger partial charge in [0.25, 0.3) is 0 Å². The summed E-state index contributed by atoms with van der Waals surface area (Å²) >= 11 is 2.17. The number of hydrogen-bond donors (Lipinski definition) is 1. The Morgan fingerprint density at radius 1 is 1.50 bits per heavy atom. The molecule has 0 radical (unpaired) electrons. The average Bonchev–Trinajstić information content (AvgIpc) is 2.18. The van der Waals surface area contributed by atoms with Gasteiger partial charge in [-0.2, -0.15) is 0 Å². The molecule has 0 aliphatic carbocycles. The zero-order valence-electron chi connectivity index (χ0n) is 8.67. The van der Waals surface area contributed by atoms with Crippen LogP contribution in [0.2, 0.25) is 0 Å². The lowest BCUT2D eigenvalue weighted by atomic mass is 9.96. The predicted octanol–water partition coefficient (Wildman–Crippen LogP) is 2.65. The zero-order chi connectivity index (χ0) is 10.8. The SMILES string of the molecule is COc1ccc(C)cc1C(C)(O)CI. The van der Waals surface area contributed by atoms with E-state index in [1.54, 1.807) is 14.0 Å². The van der Waals surface area contributed by atoms with E-state index in [2.05, 4.69) is 22.6 Å². The first-order valence-corrected chi connectivity index (χ1v) is 5.97. The summed E-state index contributed by atoms with van der Waals surface area (Å²) < 4.78 is 5.87. The van der Waals surface area contributed by atoms with Crippen LogP contribution < -0.4 is 4.74 Å². The van der Waals surface area contributed by atoms with Gasteiger partial charge in [0.05, 0.1) is 12.7 Å². The van der Waals surface area contributed by atoms with Crippen molar-refractivity contribution in [2.24, 2.45) is 0 Å². The van der Waals surface area contributed by atoms with E-state index in [4.69, 9.17) is 4.74 Å². The fourth-order valence-electron chi connectivity index (χ4n) is 1.31. The van der Waals surface area contributed by atoms with Gasteiger partial charge in [0, 0.05) is 9.99 Å². The van der Waals surface area contributed by atoms with Crippen LogP contribution in [-0.4, -0.2) is 16.6 Å². The molecule has 0 spiro atoms. The number of alkyl halides is 1. The first kappa shape index (κ1) is 11.8. The lowest BCUT2D eigenvalue weighted by molar-refractivity contribution is 0.0841. The van der Waals surface area contributed by atoms with Crippen LogP contribution in [0.4, 0.5) is 0 Å². The molecule has 3 heteroatoms. The highest BCUT2D eigenvalue weighted by Gasteiger charge is 2.25. The van der Waals surface area contributed by atoms with Crippen LogP contribution >= 0.6 is 22.6 Å². The van der Waals surface area contributed by atoms with E-state index in [1.807, 2.05) is 25.1 Å². The summed E-state index contributed by atoms with van der Waals surface area (Å²) in [6, 6.07) is 5.84. The summed E-state index contributed by atoms with van der Waals surface area (Å²) in [4.78, 5) is 0. The molecule has 78 valence electrons. The predicted molar refractivity (Wildman–Crippen MR) is 66.2 cm³/mol. The van der Waals surface area contributed by atoms with Gasteiger partial charge in [0.2, 0.25) is 0 Å². The van der Waals surface area contributed by atoms with Crippen LogP contribution in [0.3, 0.4) is 0 Å². The number of benzene rings is 1. The van der Waals surface area contributed by atoms with Crippen molar-refractivity contribution < 1.29 is 9.84 Å². The van der Waals surface area contributed by atoms with E-state index in [0.717, 1.165) is 16.9 Å². The number of rotatable bonds is 3. The highest BCUT2D eigenvalue weighted by Crippen LogP contribution is 2.31. The van der Waals surface area contributed by atoms with Gasteiger partial charge in [0.15, 0.2) is 0 Å². The second-order valence-corrected chi connectivity index (χ2v) is 4.37. The molecule has 0 saturated carbocycles. The van der Waals surface area contributed by atoms with E-state index >= 15 is 0 Å². The molecule has 0 saturated heterocycles. The number of hydrogen-bond acceptors (Lipinski definition) is 2. The highest BCUT2D eigenvalue weighted by molar-refractivity contribution is 14.1. The molecule has 0 aromatic heterocycles. The third kappa shape index (κ3) is 2.39. The molecule has 1 rings (SSSR count). The maximum Gasteiger partial charge on any atom is 0.124 e. The van der Waals surface area contributed by atoms with Gasteiger partial charge in [-0.3, -0.25) is 0 Å². The molecule has 14 heavy (non-hydrogen) atoms. The highest BCUT2D eigenvalue weighted by atomic mass is 127. The second-order valence-electron chi connectivity index (χ2n) is 3.61. The van der Waals surface area contributed by atoms with E-state index in [-0.39, 0.29) is 0 Å². The van der Waals surface area contributed by atoms with Gasteiger partial charge in [-0.05, 0) is 26.0 Å². The Hall–Kier alpha value is -0.290. The average molecular weight is 306 g/mol. The minimum Gasteiger partial charge on any atom is -0.496 e. The first-order valence-electron chi connectivity index (χ1n) is 4.44. The van der Waals surface area contributed by atoms with Crippen molar-refractivity contribution in [1.82, 2.24) is 0 Å². The van der Waals surface area contributed by atoms with E-state index in [1.165, 1.54) is 0 Å². The monoisotopic (exact) mass is 306 g/mol. The van der Waals surface area contributed by atoms with Crippen LogP contribution in [0.1, 0.15) is 18.1 Å². The van der Waals surface area contributed by atoms with Crippen molar-refractivity contribution in [2.75, 3.05) is 11.5 Å². The van der Waals surface area contributed by atoms with Crippen LogP contribution in [0.5, 0.6) is 5.75 Å². The summed E-state index contributed by atoms with van der Waals surface area (Å²) in [5.74, 6) is 0.747. The number of ether oxygens (including phenoxy) is 1. The van der Waals surface area contributed by atoms with E-state index in [0.29, 0.717) is 4.43 Å². The van der Waals surface area contributed by atoms with Gasteiger partial charge in [-0.25, -0.2) is 0 Å². The topological polar surface area (TPSA) is 29.5 Å². The van der Waals surface area contributed by atoms with Crippen LogP contribution in [0.25, 0.3) is 0 Å². The third-order valence-corrected chi connectivity index (χ3v) is 3.68. The first-order chi connectivity index (χ1) is 6.51. The fourth-order valence-corrected chi connectivity index (χ4v) is 1.73. The molecule has 0 fully saturated rings. The van der Waals surface area contributed by atoms with Crippen molar-refractivity contribution in [2.45, 2.75) is 19.4 Å². The Bertz CT molecular complexity index is 321. The zero-order valence-corrected chi connectivity index (χ0v) is 10.8. The Kier molecular flexibility index (Phi) is 3.78. The van der Waals surface area contributed by atoms with Crippen molar-refractivity contribution in [3.8, 4) is 5.75 Å². The summed E-state index contributed by atoms with van der Waals surface area (Å²) in [6.07, 6.45) is 0. The van der Waals surface area contributed by atoms with Crippen LogP contribution in [0.15, 0.2) is 18.2 Å². The molecule has 1 aromatic carbocycles. The van der Waals surface area contributed by atoms with Gasteiger partial charge in [-0.1, -0.05) is 34.2 Å². The molecule has 1 N–H and O–H groups in total. The molecular weight excluding hydrogens is 291 g/mol. The number of aliphatic hydroxyl groups is 1. The number of aryl methyl sites for hydroxylation is 1. The van der Waals surface area contributed by atoms with Gasteiger partial charge in [-0.15, -0.1) is 0 Å². The largest absolute Gasteiger partial charge is 0.496 e. The van der Waals surface area contributed by atoms with E-state index in [9.17, 15) is 5.11 Å². The van der Waals surface area contributed by atoms with Crippen LogP contribution in [0, 0.1) is 6.92 Å². The minimum absolute atomic E-state index is 0.643. The Morgan fingerprint density at radius 2 is 2.14 bits per heavy atom. The Balaban J connectivity index is 3.23. The van der Waals surface area contributed by atoms with Crippen molar-refractivity contribution in [3.63, 3.8) is 0 Å². The third-order valence-electron chi connectivity index (χ3n) is 2.20. The lowest BCUT2D eigenvalue weighted by Gasteiger charge is -2.23. The molecule has 0 bridgehead atoms. The maximum atomic E-state index is 10.1. The molecule has 2 nitrogen and oxygen atoms in total. The smallest absolute Gasteiger partial charge is 0.124 e. The molecule has 0 aliphatic heterocycles. The number of methoxy groups -OCH3 is 1. The summed E-state index contributed by atoms with van der Waals surface area (Å²) in [5, 5.41) is 10.1. The molecule has 1 atom stereocenters. The maximum absolute atomic E-state index is 10.1. The van der Waals surface area contributed by atoms with Gasteiger partial charge in [0.1, 0.15) is 5.75 Å². The number of halogens is 1. The van der Waals surface area contributed by atoms with Crippen LogP contribution in [-0.2, 0) is 5.60 Å². The summed E-state index contributed by atoms with van der Waals surface area (Å²) in [7, 11) is 1.62. The molecule has 0 amide bonds.